The Bertz CT molecular complexity index is 430. The molecule has 2 heteroatoms. The van der Waals surface area contributed by atoms with Gasteiger partial charge in [-0.25, -0.2) is 0 Å². The van der Waals surface area contributed by atoms with Gasteiger partial charge >= 0.3 is 0 Å². The molecule has 0 aliphatic heterocycles. The summed E-state index contributed by atoms with van der Waals surface area (Å²) in [6.45, 7) is 9.74. The van der Waals surface area contributed by atoms with E-state index in [9.17, 15) is 0 Å². The Balaban J connectivity index is 2.79. The van der Waals surface area contributed by atoms with E-state index in [2.05, 4.69) is 49.6 Å². The zero-order chi connectivity index (χ0) is 14.1. The number of nitrogens with zero attached hydrogens (tertiary/aromatic N) is 1. The van der Waals surface area contributed by atoms with Gasteiger partial charge in [0.1, 0.15) is 6.61 Å². The average molecular weight is 259 g/mol. The maximum Gasteiger partial charge on any atom is 0.104 e. The fourth-order valence-electron chi connectivity index (χ4n) is 2.03. The van der Waals surface area contributed by atoms with Gasteiger partial charge < -0.3 is 5.11 Å². The van der Waals surface area contributed by atoms with Crippen LogP contribution in [0.5, 0.6) is 0 Å². The lowest BCUT2D eigenvalue weighted by molar-refractivity contribution is 0.238. The highest BCUT2D eigenvalue weighted by Gasteiger charge is 2.09. The van der Waals surface area contributed by atoms with Crippen molar-refractivity contribution >= 4 is 0 Å². The minimum atomic E-state index is -0.0846. The summed E-state index contributed by atoms with van der Waals surface area (Å²) < 4.78 is 0. The Hall–Kier alpha value is -1.30. The average Bonchev–Trinajstić information content (AvgIpc) is 2.45. The first-order valence-corrected chi connectivity index (χ1v) is 7.11. The van der Waals surface area contributed by atoms with E-state index in [1.807, 2.05) is 12.1 Å². The van der Waals surface area contributed by atoms with Crippen LogP contribution in [-0.4, -0.2) is 29.7 Å². The molecular formula is C17H25NO. The number of rotatable bonds is 6. The molecule has 2 nitrogen and oxygen atoms in total. The molecule has 0 amide bonds. The first-order chi connectivity index (χ1) is 9.21. The largest absolute Gasteiger partial charge is 0.384 e. The third kappa shape index (κ3) is 5.46. The molecule has 104 valence electrons. The zero-order valence-electron chi connectivity index (χ0n) is 12.3. The van der Waals surface area contributed by atoms with E-state index in [-0.39, 0.29) is 6.61 Å². The summed E-state index contributed by atoms with van der Waals surface area (Å²) in [7, 11) is 0. The minimum Gasteiger partial charge on any atom is -0.384 e. The second-order valence-electron chi connectivity index (χ2n) is 4.96. The van der Waals surface area contributed by atoms with Gasteiger partial charge in [-0.3, -0.25) is 4.90 Å². The van der Waals surface area contributed by atoms with Crippen LogP contribution in [0.2, 0.25) is 0 Å². The minimum absolute atomic E-state index is 0.0846. The summed E-state index contributed by atoms with van der Waals surface area (Å²) >= 11 is 0. The van der Waals surface area contributed by atoms with Gasteiger partial charge in [0.05, 0.1) is 0 Å². The number of hydrogen-bond acceptors (Lipinski definition) is 2. The molecule has 19 heavy (non-hydrogen) atoms. The van der Waals surface area contributed by atoms with E-state index in [4.69, 9.17) is 5.11 Å². The second kappa shape index (κ2) is 8.74. The van der Waals surface area contributed by atoms with E-state index in [0.29, 0.717) is 0 Å². The number of hydrogen-bond donors (Lipinski definition) is 1. The van der Waals surface area contributed by atoms with Gasteiger partial charge in [0.15, 0.2) is 0 Å². The summed E-state index contributed by atoms with van der Waals surface area (Å²) in [5.41, 5.74) is 2.27. The van der Waals surface area contributed by atoms with Gasteiger partial charge in [0, 0.05) is 18.7 Å². The fourth-order valence-corrected chi connectivity index (χ4v) is 2.03. The van der Waals surface area contributed by atoms with Crippen LogP contribution in [0.4, 0.5) is 0 Å². The third-order valence-corrected chi connectivity index (χ3v) is 3.43. The van der Waals surface area contributed by atoms with Crippen LogP contribution in [0, 0.1) is 17.8 Å². The van der Waals surface area contributed by atoms with E-state index in [1.165, 1.54) is 12.0 Å². The molecule has 1 N–H and O–H groups in total. The van der Waals surface area contributed by atoms with Crippen molar-refractivity contribution in [2.45, 2.75) is 33.7 Å². The number of aliphatic hydroxyl groups excluding tert-OH is 1. The topological polar surface area (TPSA) is 23.5 Å². The van der Waals surface area contributed by atoms with Crippen LogP contribution in [0.15, 0.2) is 24.3 Å². The SMILES string of the molecule is CCC(C)CN(CC)Cc1ccccc1C#CCO. The molecule has 1 aromatic rings. The van der Waals surface area contributed by atoms with Gasteiger partial charge in [0.25, 0.3) is 0 Å². The first kappa shape index (κ1) is 15.8. The lowest BCUT2D eigenvalue weighted by Crippen LogP contribution is -2.28. The molecule has 1 aromatic carbocycles. The van der Waals surface area contributed by atoms with Crippen molar-refractivity contribution in [2.75, 3.05) is 19.7 Å². The van der Waals surface area contributed by atoms with E-state index in [0.717, 1.165) is 31.1 Å². The van der Waals surface area contributed by atoms with Gasteiger partial charge in [-0.1, -0.05) is 57.2 Å². The molecule has 0 heterocycles. The third-order valence-electron chi connectivity index (χ3n) is 3.43. The molecular weight excluding hydrogens is 234 g/mol. The zero-order valence-corrected chi connectivity index (χ0v) is 12.3. The summed E-state index contributed by atoms with van der Waals surface area (Å²) in [5.74, 6) is 6.49. The summed E-state index contributed by atoms with van der Waals surface area (Å²) in [5, 5.41) is 8.81. The van der Waals surface area contributed by atoms with Crippen molar-refractivity contribution in [3.63, 3.8) is 0 Å². The Morgan fingerprint density at radius 1 is 1.26 bits per heavy atom. The lowest BCUT2D eigenvalue weighted by Gasteiger charge is -2.24. The summed E-state index contributed by atoms with van der Waals surface area (Å²) in [6.07, 6.45) is 1.21. The quantitative estimate of drug-likeness (QED) is 0.794. The Labute approximate surface area is 117 Å². The van der Waals surface area contributed by atoms with Crippen molar-refractivity contribution in [3.8, 4) is 11.8 Å². The molecule has 0 bridgehead atoms. The monoisotopic (exact) mass is 259 g/mol. The smallest absolute Gasteiger partial charge is 0.104 e. The molecule has 0 saturated heterocycles. The molecule has 0 aliphatic carbocycles. The maximum atomic E-state index is 8.81. The van der Waals surface area contributed by atoms with E-state index < -0.39 is 0 Å². The summed E-state index contributed by atoms with van der Waals surface area (Å²) in [6, 6.07) is 8.20. The summed E-state index contributed by atoms with van der Waals surface area (Å²) in [4.78, 5) is 2.45. The fraction of sp³-hybridized carbons (Fsp3) is 0.529. The maximum absolute atomic E-state index is 8.81. The number of benzene rings is 1. The van der Waals surface area contributed by atoms with Gasteiger partial charge in [0.2, 0.25) is 0 Å². The molecule has 0 aromatic heterocycles. The van der Waals surface area contributed by atoms with Gasteiger partial charge in [-0.2, -0.15) is 0 Å². The normalized spacial score (nSPS) is 12.1. The Morgan fingerprint density at radius 3 is 2.63 bits per heavy atom. The highest BCUT2D eigenvalue weighted by molar-refractivity contribution is 5.41. The molecule has 0 radical (unpaired) electrons. The van der Waals surface area contributed by atoms with Crippen LogP contribution in [0.1, 0.15) is 38.3 Å². The van der Waals surface area contributed by atoms with Gasteiger partial charge in [-0.15, -0.1) is 0 Å². The second-order valence-corrected chi connectivity index (χ2v) is 4.96. The van der Waals surface area contributed by atoms with Gasteiger partial charge in [-0.05, 0) is 24.1 Å². The van der Waals surface area contributed by atoms with Crippen LogP contribution >= 0.6 is 0 Å². The Kier molecular flexibility index (Phi) is 7.25. The van der Waals surface area contributed by atoms with Crippen molar-refractivity contribution in [2.24, 2.45) is 5.92 Å². The number of aliphatic hydroxyl groups is 1. The van der Waals surface area contributed by atoms with Crippen molar-refractivity contribution in [1.29, 1.82) is 0 Å². The highest BCUT2D eigenvalue weighted by atomic mass is 16.2. The van der Waals surface area contributed by atoms with Crippen LogP contribution in [-0.2, 0) is 6.54 Å². The van der Waals surface area contributed by atoms with Crippen molar-refractivity contribution in [1.82, 2.24) is 4.90 Å². The molecule has 0 aliphatic rings. The molecule has 0 fully saturated rings. The van der Waals surface area contributed by atoms with Crippen LogP contribution in [0.3, 0.4) is 0 Å². The first-order valence-electron chi connectivity index (χ1n) is 7.11. The molecule has 0 saturated carbocycles. The van der Waals surface area contributed by atoms with E-state index in [1.54, 1.807) is 0 Å². The Morgan fingerprint density at radius 2 is 2.00 bits per heavy atom. The highest BCUT2D eigenvalue weighted by Crippen LogP contribution is 2.13. The molecule has 0 spiro atoms. The van der Waals surface area contributed by atoms with Crippen LogP contribution in [0.25, 0.3) is 0 Å². The van der Waals surface area contributed by atoms with Crippen LogP contribution < -0.4 is 0 Å². The standard InChI is InChI=1S/C17H25NO/c1-4-15(3)13-18(5-2)14-17-10-7-6-9-16(17)11-8-12-19/h6-7,9-10,15,19H,4-5,12-14H2,1-3H3. The molecule has 1 atom stereocenters. The lowest BCUT2D eigenvalue weighted by atomic mass is 10.1. The predicted octanol–water partition coefficient (Wildman–Crippen LogP) is 2.90. The molecule has 1 rings (SSSR count). The van der Waals surface area contributed by atoms with Crippen molar-refractivity contribution in [3.05, 3.63) is 35.4 Å². The van der Waals surface area contributed by atoms with E-state index >= 15 is 0 Å². The van der Waals surface area contributed by atoms with Crippen molar-refractivity contribution < 1.29 is 5.11 Å². The predicted molar refractivity (Wildman–Crippen MR) is 80.8 cm³/mol. The molecule has 1 unspecified atom stereocenters.